The van der Waals surface area contributed by atoms with Crippen LogP contribution in [0.15, 0.2) is 0 Å². The summed E-state index contributed by atoms with van der Waals surface area (Å²) in [6.07, 6.45) is 1.82. The summed E-state index contributed by atoms with van der Waals surface area (Å²) in [5.41, 5.74) is -0.525. The fraction of sp³-hybridized carbons (Fsp3) is 0.889. The van der Waals surface area contributed by atoms with E-state index < -0.39 is 5.60 Å². The van der Waals surface area contributed by atoms with Crippen molar-refractivity contribution >= 4 is 5.91 Å². The van der Waals surface area contributed by atoms with Crippen molar-refractivity contribution < 1.29 is 9.90 Å². The van der Waals surface area contributed by atoms with Crippen LogP contribution in [0.1, 0.15) is 19.8 Å². The molecule has 1 heterocycles. The molecule has 4 heteroatoms. The molecule has 1 amide bonds. The first-order valence-corrected chi connectivity index (χ1v) is 4.75. The Morgan fingerprint density at radius 3 is 2.69 bits per heavy atom. The second-order valence-corrected chi connectivity index (χ2v) is 3.79. The van der Waals surface area contributed by atoms with Crippen LogP contribution < -0.4 is 5.32 Å². The zero-order valence-corrected chi connectivity index (χ0v) is 8.34. The monoisotopic (exact) mass is 186 g/mol. The zero-order chi connectivity index (χ0) is 9.90. The maximum atomic E-state index is 10.9. The second kappa shape index (κ2) is 4.07. The van der Waals surface area contributed by atoms with Crippen molar-refractivity contribution in [3.05, 3.63) is 0 Å². The first-order chi connectivity index (χ1) is 6.09. The number of likely N-dealkylation sites (N-methyl/N-ethyl adjacent to an activating group) is 1. The number of hydrogen-bond acceptors (Lipinski definition) is 3. The van der Waals surface area contributed by atoms with Gasteiger partial charge in [0.1, 0.15) is 0 Å². The largest absolute Gasteiger partial charge is 0.387 e. The van der Waals surface area contributed by atoms with E-state index in [0.29, 0.717) is 19.6 Å². The molecule has 0 aromatic rings. The SMILES string of the molecule is CCCC1(O)CN(CC(=O)NC)C1. The summed E-state index contributed by atoms with van der Waals surface area (Å²) < 4.78 is 0. The van der Waals surface area contributed by atoms with Gasteiger partial charge in [-0.1, -0.05) is 13.3 Å². The molecular formula is C9H18N2O2. The Balaban J connectivity index is 2.21. The third-order valence-electron chi connectivity index (χ3n) is 2.40. The number of hydrogen-bond donors (Lipinski definition) is 2. The van der Waals surface area contributed by atoms with E-state index in [1.165, 1.54) is 0 Å². The number of likely N-dealkylation sites (tertiary alicyclic amines) is 1. The molecule has 0 aromatic heterocycles. The molecule has 0 aromatic carbocycles. The van der Waals surface area contributed by atoms with E-state index in [0.717, 1.165) is 12.8 Å². The smallest absolute Gasteiger partial charge is 0.233 e. The molecule has 13 heavy (non-hydrogen) atoms. The minimum atomic E-state index is -0.525. The third-order valence-corrected chi connectivity index (χ3v) is 2.40. The predicted octanol–water partition coefficient (Wildman–Crippen LogP) is -0.421. The van der Waals surface area contributed by atoms with E-state index in [2.05, 4.69) is 12.2 Å². The standard InChI is InChI=1S/C9H18N2O2/c1-3-4-9(13)6-11(7-9)5-8(12)10-2/h13H,3-7H2,1-2H3,(H,10,12). The summed E-state index contributed by atoms with van der Waals surface area (Å²) in [6, 6.07) is 0. The van der Waals surface area contributed by atoms with E-state index in [9.17, 15) is 9.90 Å². The van der Waals surface area contributed by atoms with E-state index in [-0.39, 0.29) is 5.91 Å². The lowest BCUT2D eigenvalue weighted by molar-refractivity contribution is -0.133. The molecule has 0 spiro atoms. The summed E-state index contributed by atoms with van der Waals surface area (Å²) in [4.78, 5) is 12.9. The molecule has 0 aliphatic carbocycles. The van der Waals surface area contributed by atoms with Crippen LogP contribution in [0.5, 0.6) is 0 Å². The number of nitrogens with zero attached hydrogens (tertiary/aromatic N) is 1. The van der Waals surface area contributed by atoms with Crippen molar-refractivity contribution in [2.45, 2.75) is 25.4 Å². The van der Waals surface area contributed by atoms with E-state index >= 15 is 0 Å². The third kappa shape index (κ3) is 2.67. The Labute approximate surface area is 78.9 Å². The van der Waals surface area contributed by atoms with Crippen LogP contribution in [0.4, 0.5) is 0 Å². The van der Waals surface area contributed by atoms with Gasteiger partial charge >= 0.3 is 0 Å². The van der Waals surface area contributed by atoms with Gasteiger partial charge in [-0.3, -0.25) is 9.69 Å². The quantitative estimate of drug-likeness (QED) is 0.627. The van der Waals surface area contributed by atoms with Crippen molar-refractivity contribution in [3.8, 4) is 0 Å². The number of aliphatic hydroxyl groups is 1. The van der Waals surface area contributed by atoms with Gasteiger partial charge in [-0.15, -0.1) is 0 Å². The number of rotatable bonds is 4. The lowest BCUT2D eigenvalue weighted by atomic mass is 9.89. The highest BCUT2D eigenvalue weighted by molar-refractivity contribution is 5.77. The first-order valence-electron chi connectivity index (χ1n) is 4.75. The normalized spacial score (nSPS) is 20.8. The Kier molecular flexibility index (Phi) is 3.27. The summed E-state index contributed by atoms with van der Waals surface area (Å²) in [6.45, 7) is 3.73. The first kappa shape index (κ1) is 10.5. The van der Waals surface area contributed by atoms with Gasteiger partial charge in [0.15, 0.2) is 0 Å². The maximum absolute atomic E-state index is 10.9. The lowest BCUT2D eigenvalue weighted by Gasteiger charge is -2.46. The van der Waals surface area contributed by atoms with Crippen LogP contribution in [0.2, 0.25) is 0 Å². The molecule has 0 unspecified atom stereocenters. The summed E-state index contributed by atoms with van der Waals surface area (Å²) in [7, 11) is 1.63. The molecule has 1 rings (SSSR count). The molecule has 1 saturated heterocycles. The fourth-order valence-corrected chi connectivity index (χ4v) is 1.80. The zero-order valence-electron chi connectivity index (χ0n) is 8.34. The number of carbonyl (C=O) groups excluding carboxylic acids is 1. The Bertz CT molecular complexity index is 188. The Morgan fingerprint density at radius 1 is 1.62 bits per heavy atom. The molecule has 0 atom stereocenters. The van der Waals surface area contributed by atoms with Gasteiger partial charge in [0.25, 0.3) is 0 Å². The van der Waals surface area contributed by atoms with Gasteiger partial charge in [-0.2, -0.15) is 0 Å². The van der Waals surface area contributed by atoms with Gasteiger partial charge in [-0.25, -0.2) is 0 Å². The summed E-state index contributed by atoms with van der Waals surface area (Å²) >= 11 is 0. The predicted molar refractivity (Wildman–Crippen MR) is 50.4 cm³/mol. The molecule has 1 aliphatic heterocycles. The van der Waals surface area contributed by atoms with Crippen LogP contribution in [0, 0.1) is 0 Å². The van der Waals surface area contributed by atoms with E-state index in [1.807, 2.05) is 4.90 Å². The molecular weight excluding hydrogens is 168 g/mol. The molecule has 2 N–H and O–H groups in total. The van der Waals surface area contributed by atoms with Crippen molar-refractivity contribution in [1.82, 2.24) is 10.2 Å². The average molecular weight is 186 g/mol. The van der Waals surface area contributed by atoms with Gasteiger partial charge < -0.3 is 10.4 Å². The minimum Gasteiger partial charge on any atom is -0.387 e. The topological polar surface area (TPSA) is 52.6 Å². The van der Waals surface area contributed by atoms with Crippen LogP contribution in [-0.2, 0) is 4.79 Å². The highest BCUT2D eigenvalue weighted by atomic mass is 16.3. The van der Waals surface area contributed by atoms with Crippen molar-refractivity contribution in [3.63, 3.8) is 0 Å². The second-order valence-electron chi connectivity index (χ2n) is 3.79. The van der Waals surface area contributed by atoms with E-state index in [1.54, 1.807) is 7.05 Å². The molecule has 0 saturated carbocycles. The van der Waals surface area contributed by atoms with Crippen LogP contribution in [-0.4, -0.2) is 48.2 Å². The van der Waals surface area contributed by atoms with Crippen LogP contribution in [0.3, 0.4) is 0 Å². The molecule has 1 fully saturated rings. The Hall–Kier alpha value is -0.610. The van der Waals surface area contributed by atoms with Crippen molar-refractivity contribution in [2.24, 2.45) is 0 Å². The number of carbonyl (C=O) groups is 1. The number of β-amino-alcohol motifs (C(OH)–C–C–N with tert-alkyl or cyclic N) is 1. The van der Waals surface area contributed by atoms with Gasteiger partial charge in [0.2, 0.25) is 5.91 Å². The highest BCUT2D eigenvalue weighted by Gasteiger charge is 2.40. The molecule has 0 radical (unpaired) electrons. The van der Waals surface area contributed by atoms with Gasteiger partial charge in [0.05, 0.1) is 12.1 Å². The Morgan fingerprint density at radius 2 is 2.23 bits per heavy atom. The summed E-state index contributed by atoms with van der Waals surface area (Å²) in [5.74, 6) is 0.0125. The van der Waals surface area contributed by atoms with Crippen LogP contribution in [0.25, 0.3) is 0 Å². The average Bonchev–Trinajstić information content (AvgIpc) is 2.02. The maximum Gasteiger partial charge on any atom is 0.233 e. The van der Waals surface area contributed by atoms with Crippen LogP contribution >= 0.6 is 0 Å². The molecule has 76 valence electrons. The minimum absolute atomic E-state index is 0.0125. The molecule has 1 aliphatic rings. The van der Waals surface area contributed by atoms with E-state index in [4.69, 9.17) is 0 Å². The summed E-state index contributed by atoms with van der Waals surface area (Å²) in [5, 5.41) is 12.4. The number of nitrogens with one attached hydrogen (secondary N) is 1. The van der Waals surface area contributed by atoms with Gasteiger partial charge in [0, 0.05) is 20.1 Å². The lowest BCUT2D eigenvalue weighted by Crippen LogP contribution is -2.63. The highest BCUT2D eigenvalue weighted by Crippen LogP contribution is 2.24. The van der Waals surface area contributed by atoms with Crippen molar-refractivity contribution in [1.29, 1.82) is 0 Å². The van der Waals surface area contributed by atoms with Gasteiger partial charge in [-0.05, 0) is 6.42 Å². The number of amides is 1. The molecule has 4 nitrogen and oxygen atoms in total. The van der Waals surface area contributed by atoms with Crippen molar-refractivity contribution in [2.75, 3.05) is 26.7 Å². The molecule has 0 bridgehead atoms. The fourth-order valence-electron chi connectivity index (χ4n) is 1.80.